The Morgan fingerprint density at radius 2 is 2.16 bits per heavy atom. The van der Waals surface area contributed by atoms with Crippen LogP contribution in [0.3, 0.4) is 0 Å². The molecule has 3 rings (SSSR count). The minimum Gasteiger partial charge on any atom is -0.315 e. The van der Waals surface area contributed by atoms with Gasteiger partial charge in [0.25, 0.3) is 0 Å². The van der Waals surface area contributed by atoms with Gasteiger partial charge in [0.15, 0.2) is 0 Å². The van der Waals surface area contributed by atoms with Gasteiger partial charge in [0, 0.05) is 39.2 Å². The maximum Gasteiger partial charge on any atom is 0.125 e. The minimum absolute atomic E-state index is 0.847. The van der Waals surface area contributed by atoms with Crippen molar-refractivity contribution in [1.29, 1.82) is 0 Å². The Morgan fingerprint density at radius 3 is 3.00 bits per heavy atom. The fourth-order valence-corrected chi connectivity index (χ4v) is 3.40. The van der Waals surface area contributed by atoms with Crippen molar-refractivity contribution >= 4 is 38.2 Å². The predicted molar refractivity (Wildman–Crippen MR) is 83.3 cm³/mol. The number of nitrogens with one attached hydrogen (secondary N) is 1. The molecule has 0 aliphatic carbocycles. The zero-order valence-corrected chi connectivity index (χ0v) is 12.8. The number of fused-ring (bicyclic) bond motifs is 1. The molecular weight excluding hydrogens is 322 g/mol. The van der Waals surface area contributed by atoms with Crippen molar-refractivity contribution in [3.63, 3.8) is 0 Å². The first-order chi connectivity index (χ1) is 9.29. The summed E-state index contributed by atoms with van der Waals surface area (Å²) in [6.45, 7) is 0.847. The average molecular weight is 334 g/mol. The summed E-state index contributed by atoms with van der Waals surface area (Å²) >= 11 is 5.27. The standard InChI is InChI=1S/C14H12BrN3S/c1-16-7-9-8-18-14(19-9)11-4-5-12(15)10-3-2-6-17-13(10)11/h2-6,8,16H,7H2,1H3. The van der Waals surface area contributed by atoms with Crippen molar-refractivity contribution in [1.82, 2.24) is 15.3 Å². The van der Waals surface area contributed by atoms with Gasteiger partial charge in [-0.15, -0.1) is 11.3 Å². The van der Waals surface area contributed by atoms with Gasteiger partial charge < -0.3 is 5.32 Å². The van der Waals surface area contributed by atoms with E-state index in [1.165, 1.54) is 4.88 Å². The van der Waals surface area contributed by atoms with Crippen LogP contribution in [0.1, 0.15) is 4.88 Å². The predicted octanol–water partition coefficient (Wildman–Crippen LogP) is 3.84. The van der Waals surface area contributed by atoms with Crippen LogP contribution in [0, 0.1) is 0 Å². The molecule has 0 fully saturated rings. The molecule has 2 heterocycles. The molecule has 0 unspecified atom stereocenters. The van der Waals surface area contributed by atoms with Crippen molar-refractivity contribution in [2.24, 2.45) is 0 Å². The molecule has 2 aromatic heterocycles. The fraction of sp³-hybridized carbons (Fsp3) is 0.143. The second kappa shape index (κ2) is 5.36. The van der Waals surface area contributed by atoms with Gasteiger partial charge in [-0.3, -0.25) is 4.98 Å². The first-order valence-electron chi connectivity index (χ1n) is 5.92. The molecule has 5 heteroatoms. The molecule has 19 heavy (non-hydrogen) atoms. The number of pyridine rings is 1. The first-order valence-corrected chi connectivity index (χ1v) is 7.53. The van der Waals surface area contributed by atoms with Crippen molar-refractivity contribution in [2.75, 3.05) is 7.05 Å². The third-order valence-corrected chi connectivity index (χ3v) is 4.57. The van der Waals surface area contributed by atoms with Crippen LogP contribution in [-0.2, 0) is 6.54 Å². The monoisotopic (exact) mass is 333 g/mol. The van der Waals surface area contributed by atoms with Crippen LogP contribution in [0.2, 0.25) is 0 Å². The van der Waals surface area contributed by atoms with E-state index in [0.29, 0.717) is 0 Å². The molecule has 1 aromatic carbocycles. The number of rotatable bonds is 3. The Bertz CT molecular complexity index is 724. The number of benzene rings is 1. The van der Waals surface area contributed by atoms with Gasteiger partial charge >= 0.3 is 0 Å². The molecule has 0 saturated heterocycles. The van der Waals surface area contributed by atoms with Crippen LogP contribution in [-0.4, -0.2) is 17.0 Å². The van der Waals surface area contributed by atoms with Gasteiger partial charge in [0.1, 0.15) is 5.01 Å². The quantitative estimate of drug-likeness (QED) is 0.791. The zero-order valence-electron chi connectivity index (χ0n) is 10.4. The highest BCUT2D eigenvalue weighted by molar-refractivity contribution is 9.10. The highest BCUT2D eigenvalue weighted by atomic mass is 79.9. The summed E-state index contributed by atoms with van der Waals surface area (Å²) in [5.41, 5.74) is 2.08. The van der Waals surface area contributed by atoms with Crippen LogP contribution in [0.4, 0.5) is 0 Å². The summed E-state index contributed by atoms with van der Waals surface area (Å²) in [6, 6.07) is 8.14. The summed E-state index contributed by atoms with van der Waals surface area (Å²) < 4.78 is 1.06. The van der Waals surface area contributed by atoms with Crippen LogP contribution in [0.25, 0.3) is 21.5 Å². The van der Waals surface area contributed by atoms with Gasteiger partial charge in [-0.25, -0.2) is 4.98 Å². The third-order valence-electron chi connectivity index (χ3n) is 2.85. The van der Waals surface area contributed by atoms with Crippen molar-refractivity contribution in [3.8, 4) is 10.6 Å². The lowest BCUT2D eigenvalue weighted by atomic mass is 10.1. The Morgan fingerprint density at radius 1 is 1.26 bits per heavy atom. The van der Waals surface area contributed by atoms with Gasteiger partial charge in [0.2, 0.25) is 0 Å². The van der Waals surface area contributed by atoms with E-state index < -0.39 is 0 Å². The smallest absolute Gasteiger partial charge is 0.125 e. The minimum atomic E-state index is 0.847. The fourth-order valence-electron chi connectivity index (χ4n) is 2.00. The molecule has 0 bridgehead atoms. The van der Waals surface area contributed by atoms with Crippen molar-refractivity contribution in [3.05, 3.63) is 46.0 Å². The molecule has 0 radical (unpaired) electrons. The molecule has 0 atom stereocenters. The molecule has 3 nitrogen and oxygen atoms in total. The number of hydrogen-bond donors (Lipinski definition) is 1. The van der Waals surface area contributed by atoms with E-state index in [-0.39, 0.29) is 0 Å². The van der Waals surface area contributed by atoms with Crippen LogP contribution in [0.15, 0.2) is 41.1 Å². The maximum atomic E-state index is 4.51. The molecule has 3 aromatic rings. The molecule has 0 spiro atoms. The van der Waals surface area contributed by atoms with Gasteiger partial charge in [-0.1, -0.05) is 22.0 Å². The van der Waals surface area contributed by atoms with Crippen LogP contribution >= 0.6 is 27.3 Å². The highest BCUT2D eigenvalue weighted by Crippen LogP contribution is 2.33. The summed E-state index contributed by atoms with van der Waals surface area (Å²) in [5, 5.41) is 5.27. The summed E-state index contributed by atoms with van der Waals surface area (Å²) in [7, 11) is 1.94. The maximum absolute atomic E-state index is 4.51. The lowest BCUT2D eigenvalue weighted by molar-refractivity contribution is 0.829. The lowest BCUT2D eigenvalue weighted by Gasteiger charge is -2.04. The number of nitrogens with zero attached hydrogens (tertiary/aromatic N) is 2. The Hall–Kier alpha value is -1.30. The topological polar surface area (TPSA) is 37.8 Å². The van der Waals surface area contributed by atoms with Gasteiger partial charge in [-0.05, 0) is 25.2 Å². The third kappa shape index (κ3) is 2.41. The number of hydrogen-bond acceptors (Lipinski definition) is 4. The summed E-state index contributed by atoms with van der Waals surface area (Å²) in [6.07, 6.45) is 3.74. The Balaban J connectivity index is 2.16. The molecule has 0 aliphatic heterocycles. The van der Waals surface area contributed by atoms with Crippen LogP contribution in [0.5, 0.6) is 0 Å². The van der Waals surface area contributed by atoms with E-state index in [1.807, 2.05) is 25.5 Å². The normalized spacial score (nSPS) is 11.1. The van der Waals surface area contributed by atoms with E-state index in [4.69, 9.17) is 0 Å². The van der Waals surface area contributed by atoms with Crippen molar-refractivity contribution in [2.45, 2.75) is 6.54 Å². The highest BCUT2D eigenvalue weighted by Gasteiger charge is 2.10. The van der Waals surface area contributed by atoms with Crippen molar-refractivity contribution < 1.29 is 0 Å². The van der Waals surface area contributed by atoms with E-state index in [1.54, 1.807) is 11.3 Å². The molecule has 0 saturated carbocycles. The van der Waals surface area contributed by atoms with E-state index in [9.17, 15) is 0 Å². The molecule has 96 valence electrons. The first kappa shape index (κ1) is 12.7. The molecule has 0 aliphatic rings. The molecular formula is C14H12BrN3S. The second-order valence-electron chi connectivity index (χ2n) is 4.16. The average Bonchev–Trinajstić information content (AvgIpc) is 2.88. The van der Waals surface area contributed by atoms with E-state index >= 15 is 0 Å². The largest absolute Gasteiger partial charge is 0.315 e. The van der Waals surface area contributed by atoms with Gasteiger partial charge in [-0.2, -0.15) is 0 Å². The summed E-state index contributed by atoms with van der Waals surface area (Å²) in [4.78, 5) is 10.2. The number of aromatic nitrogens is 2. The summed E-state index contributed by atoms with van der Waals surface area (Å²) in [5.74, 6) is 0. The van der Waals surface area contributed by atoms with E-state index in [0.717, 1.165) is 32.5 Å². The Labute approximate surface area is 123 Å². The lowest BCUT2D eigenvalue weighted by Crippen LogP contribution is -2.02. The Kier molecular flexibility index (Phi) is 3.59. The number of thiazole rings is 1. The van der Waals surface area contributed by atoms with Crippen LogP contribution < -0.4 is 5.32 Å². The number of halogens is 1. The van der Waals surface area contributed by atoms with E-state index in [2.05, 4.69) is 49.4 Å². The molecule has 1 N–H and O–H groups in total. The molecule has 0 amide bonds. The SMILES string of the molecule is CNCc1cnc(-c2ccc(Br)c3cccnc23)s1. The second-order valence-corrected chi connectivity index (χ2v) is 6.13. The zero-order chi connectivity index (χ0) is 13.2. The van der Waals surface area contributed by atoms with Gasteiger partial charge in [0.05, 0.1) is 5.52 Å².